The van der Waals surface area contributed by atoms with Crippen molar-refractivity contribution in [1.29, 1.82) is 5.26 Å². The first-order chi connectivity index (χ1) is 21.9. The van der Waals surface area contributed by atoms with Gasteiger partial charge in [0.2, 0.25) is 5.91 Å². The Morgan fingerprint density at radius 2 is 1.65 bits per heavy atom. The lowest BCUT2D eigenvalue weighted by Crippen LogP contribution is -2.58. The monoisotopic (exact) mass is 633 g/mol. The standard InChI is InChI=1S/C37H51N3O6/c1-21-11-23-12-22(2)17-37(16-21,18-23)40-34(42)32-25-6-5-24(13-25)29(32)20-39-33(41)28-15-30(26(19-38)14-31(28)45-4)46-27-7-9-36(3,10-8-27)35(43)44/h14-15,21-25,27,29,32H,5-13,16-18,20H2,1-4H3,(H,39,41)(H,40,42)(H,43,44)/t21-,22-,23?,24+,25-,27?,29-,32+,36?,37?/m1/s1. The molecule has 1 aromatic rings. The lowest BCUT2D eigenvalue weighted by Gasteiger charge is -2.51. The summed E-state index contributed by atoms with van der Waals surface area (Å²) in [5.74, 6) is 2.38. The molecule has 3 N–H and O–H groups in total. The molecule has 0 saturated heterocycles. The Labute approximate surface area is 273 Å². The number of hydrogen-bond donors (Lipinski definition) is 3. The molecule has 0 radical (unpaired) electrons. The highest BCUT2D eigenvalue weighted by molar-refractivity contribution is 5.97. The van der Waals surface area contributed by atoms with Gasteiger partial charge in [0.1, 0.15) is 17.6 Å². The van der Waals surface area contributed by atoms with Crippen LogP contribution in [0.3, 0.4) is 0 Å². The summed E-state index contributed by atoms with van der Waals surface area (Å²) in [5.41, 5.74) is -0.322. The smallest absolute Gasteiger partial charge is 0.309 e. The van der Waals surface area contributed by atoms with Crippen molar-refractivity contribution in [2.75, 3.05) is 13.7 Å². The molecule has 9 heteroatoms. The van der Waals surface area contributed by atoms with E-state index in [1.807, 2.05) is 0 Å². The molecule has 4 bridgehead atoms. The van der Waals surface area contributed by atoms with Gasteiger partial charge in [0.05, 0.1) is 29.8 Å². The van der Waals surface area contributed by atoms with Gasteiger partial charge < -0.3 is 25.2 Å². The first-order valence-corrected chi connectivity index (χ1v) is 17.5. The van der Waals surface area contributed by atoms with Gasteiger partial charge in [-0.15, -0.1) is 0 Å². The van der Waals surface area contributed by atoms with Gasteiger partial charge in [-0.2, -0.15) is 5.26 Å². The molecule has 250 valence electrons. The predicted octanol–water partition coefficient (Wildman–Crippen LogP) is 6.09. The summed E-state index contributed by atoms with van der Waals surface area (Å²) >= 11 is 0. The van der Waals surface area contributed by atoms with Gasteiger partial charge in [-0.1, -0.05) is 13.8 Å². The average Bonchev–Trinajstić information content (AvgIpc) is 3.62. The van der Waals surface area contributed by atoms with Crippen LogP contribution in [0.5, 0.6) is 11.5 Å². The number of hydrogen-bond acceptors (Lipinski definition) is 6. The fourth-order valence-corrected chi connectivity index (χ4v) is 10.5. The van der Waals surface area contributed by atoms with Crippen molar-refractivity contribution in [3.8, 4) is 17.6 Å². The average molecular weight is 634 g/mol. The number of carboxylic acid groups (broad SMARTS) is 1. The second-order valence-electron chi connectivity index (χ2n) is 16.0. The third-order valence-corrected chi connectivity index (χ3v) is 12.4. The Balaban J connectivity index is 1.14. The molecule has 0 aromatic heterocycles. The van der Waals surface area contributed by atoms with Crippen LogP contribution >= 0.6 is 0 Å². The number of nitriles is 1. The van der Waals surface area contributed by atoms with Crippen molar-refractivity contribution >= 4 is 17.8 Å². The van der Waals surface area contributed by atoms with Gasteiger partial charge in [-0.3, -0.25) is 14.4 Å². The van der Waals surface area contributed by atoms with Gasteiger partial charge in [-0.05, 0) is 126 Å². The zero-order chi connectivity index (χ0) is 32.8. The molecule has 2 amide bonds. The summed E-state index contributed by atoms with van der Waals surface area (Å²) in [6, 6.07) is 5.26. The van der Waals surface area contributed by atoms with E-state index >= 15 is 0 Å². The van der Waals surface area contributed by atoms with E-state index in [9.17, 15) is 24.8 Å². The minimum atomic E-state index is -0.803. The Bertz CT molecular complexity index is 1370. The van der Waals surface area contributed by atoms with Gasteiger partial charge in [0, 0.05) is 24.1 Å². The highest BCUT2D eigenvalue weighted by atomic mass is 16.5. The quantitative estimate of drug-likeness (QED) is 0.299. The number of nitrogens with zero attached hydrogens (tertiary/aromatic N) is 1. The molecule has 1 aromatic carbocycles. The summed E-state index contributed by atoms with van der Waals surface area (Å²) in [6.07, 6.45) is 10.8. The molecule has 0 heterocycles. The molecule has 46 heavy (non-hydrogen) atoms. The maximum atomic E-state index is 14.1. The lowest BCUT2D eigenvalue weighted by atomic mass is 9.61. The van der Waals surface area contributed by atoms with E-state index in [1.165, 1.54) is 26.0 Å². The Hall–Kier alpha value is -3.28. The molecule has 9 nitrogen and oxygen atoms in total. The molecule has 0 spiro atoms. The second kappa shape index (κ2) is 12.7. The number of nitrogens with one attached hydrogen (secondary N) is 2. The SMILES string of the molecule is COc1cc(C#N)c(OC2CCC(C)(C(=O)O)CC2)cc1C(=O)NC[C@@H]1[C@H]2CC[C@H](C2)[C@@H]1C(=O)NC12CC(C[C@@H](C)C1)C[C@@H](C)C2. The number of carbonyl (C=O) groups is 3. The third kappa shape index (κ3) is 6.33. The fourth-order valence-electron chi connectivity index (χ4n) is 10.5. The first-order valence-electron chi connectivity index (χ1n) is 17.5. The van der Waals surface area contributed by atoms with Crippen LogP contribution < -0.4 is 20.1 Å². The molecular formula is C37H51N3O6. The van der Waals surface area contributed by atoms with E-state index < -0.39 is 11.4 Å². The topological polar surface area (TPSA) is 138 Å². The molecule has 0 unspecified atom stereocenters. The lowest BCUT2D eigenvalue weighted by molar-refractivity contribution is -0.150. The molecule has 0 aliphatic heterocycles. The second-order valence-corrected chi connectivity index (χ2v) is 16.0. The zero-order valence-electron chi connectivity index (χ0n) is 27.9. The Morgan fingerprint density at radius 1 is 0.978 bits per heavy atom. The number of rotatable bonds is 9. The molecule has 5 aliphatic rings. The largest absolute Gasteiger partial charge is 0.496 e. The van der Waals surface area contributed by atoms with Crippen LogP contribution in [-0.2, 0) is 9.59 Å². The summed E-state index contributed by atoms with van der Waals surface area (Å²) < 4.78 is 11.8. The normalized spacial score (nSPS) is 38.0. The molecule has 6 rings (SSSR count). The van der Waals surface area contributed by atoms with Gasteiger partial charge in [0.25, 0.3) is 5.91 Å². The van der Waals surface area contributed by atoms with Crippen LogP contribution in [0.1, 0.15) is 114 Å². The van der Waals surface area contributed by atoms with E-state index in [1.54, 1.807) is 13.0 Å². The van der Waals surface area contributed by atoms with Crippen LogP contribution in [-0.4, -0.2) is 48.2 Å². The van der Waals surface area contributed by atoms with Crippen LogP contribution in [0.25, 0.3) is 0 Å². The minimum Gasteiger partial charge on any atom is -0.496 e. The molecule has 5 fully saturated rings. The van der Waals surface area contributed by atoms with Gasteiger partial charge in [0.15, 0.2) is 0 Å². The number of carboxylic acids is 1. The van der Waals surface area contributed by atoms with E-state index in [0.717, 1.165) is 38.5 Å². The number of benzene rings is 1. The van der Waals surface area contributed by atoms with Gasteiger partial charge in [-0.25, -0.2) is 0 Å². The van der Waals surface area contributed by atoms with Crippen molar-refractivity contribution in [2.24, 2.45) is 46.8 Å². The maximum absolute atomic E-state index is 14.1. The van der Waals surface area contributed by atoms with Crippen LogP contribution in [0.4, 0.5) is 0 Å². The van der Waals surface area contributed by atoms with Crippen LogP contribution in [0.2, 0.25) is 0 Å². The fraction of sp³-hybridized carbons (Fsp3) is 0.730. The first kappa shape index (κ1) is 32.7. The summed E-state index contributed by atoms with van der Waals surface area (Å²) in [5, 5.41) is 26.2. The van der Waals surface area contributed by atoms with E-state index in [-0.39, 0.29) is 52.2 Å². The van der Waals surface area contributed by atoms with E-state index in [2.05, 4.69) is 30.6 Å². The zero-order valence-corrected chi connectivity index (χ0v) is 27.9. The molecule has 6 atom stereocenters. The third-order valence-electron chi connectivity index (χ3n) is 12.4. The number of fused-ring (bicyclic) bond motifs is 4. The summed E-state index contributed by atoms with van der Waals surface area (Å²) in [7, 11) is 1.47. The maximum Gasteiger partial charge on any atom is 0.309 e. The highest BCUT2D eigenvalue weighted by Crippen LogP contribution is 2.53. The number of carbonyl (C=O) groups excluding carboxylic acids is 2. The molecular weight excluding hydrogens is 582 g/mol. The number of methoxy groups -OCH3 is 1. The minimum absolute atomic E-state index is 0.0859. The van der Waals surface area contributed by atoms with E-state index in [4.69, 9.17) is 9.47 Å². The van der Waals surface area contributed by atoms with Crippen molar-refractivity contribution < 1.29 is 29.0 Å². The highest BCUT2D eigenvalue weighted by Gasteiger charge is 2.53. The predicted molar refractivity (Wildman–Crippen MR) is 172 cm³/mol. The Kier molecular flexibility index (Phi) is 9.04. The molecule has 5 aliphatic carbocycles. The van der Waals surface area contributed by atoms with Crippen molar-refractivity contribution in [2.45, 2.75) is 109 Å². The number of ether oxygens (including phenoxy) is 2. The number of aliphatic carboxylic acids is 1. The van der Waals surface area contributed by atoms with Crippen molar-refractivity contribution in [3.63, 3.8) is 0 Å². The summed E-state index contributed by atoms with van der Waals surface area (Å²) in [6.45, 7) is 6.83. The molecule has 5 saturated carbocycles. The Morgan fingerprint density at radius 3 is 2.28 bits per heavy atom. The van der Waals surface area contributed by atoms with Crippen molar-refractivity contribution in [1.82, 2.24) is 10.6 Å². The number of amides is 2. The van der Waals surface area contributed by atoms with Crippen LogP contribution in [0, 0.1) is 58.2 Å². The van der Waals surface area contributed by atoms with Crippen molar-refractivity contribution in [3.05, 3.63) is 23.3 Å². The van der Waals surface area contributed by atoms with Crippen LogP contribution in [0.15, 0.2) is 12.1 Å². The van der Waals surface area contributed by atoms with E-state index in [0.29, 0.717) is 67.6 Å². The summed E-state index contributed by atoms with van der Waals surface area (Å²) in [4.78, 5) is 39.5. The van der Waals surface area contributed by atoms with Gasteiger partial charge >= 0.3 is 5.97 Å².